The third-order valence-electron chi connectivity index (χ3n) is 3.96. The normalized spacial score (nSPS) is 19.6. The molecule has 7 nitrogen and oxygen atoms in total. The fourth-order valence-corrected chi connectivity index (χ4v) is 6.58. The molecule has 0 aromatic carbocycles. The lowest BCUT2D eigenvalue weighted by molar-refractivity contribution is -0.916. The zero-order valence-corrected chi connectivity index (χ0v) is 15.7. The van der Waals surface area contributed by atoms with Crippen molar-refractivity contribution in [2.24, 2.45) is 0 Å². The Balaban J connectivity index is 0.00000361. The number of quaternary nitrogens is 1. The first-order chi connectivity index (χ1) is 8.47. The molecule has 4 N–H and O–H groups in total. The smallest absolute Gasteiger partial charge is 0.395 e. The van der Waals surface area contributed by atoms with E-state index in [1.807, 2.05) is 0 Å². The second kappa shape index (κ2) is 7.51. The molecule has 1 aliphatic carbocycles. The third kappa shape index (κ3) is 5.32. The summed E-state index contributed by atoms with van der Waals surface area (Å²) >= 11 is 0. The summed E-state index contributed by atoms with van der Waals surface area (Å²) in [5.41, 5.74) is -1.97. The second-order valence-corrected chi connectivity index (χ2v) is 9.54. The summed E-state index contributed by atoms with van der Waals surface area (Å²) in [7, 11) is -6.76. The molecule has 10 heteroatoms. The molecule has 0 amide bonds. The average Bonchev–Trinajstić information content (AvgIpc) is 2.38. The van der Waals surface area contributed by atoms with Gasteiger partial charge in [0.2, 0.25) is 0 Å². The summed E-state index contributed by atoms with van der Waals surface area (Å²) in [4.78, 5) is 37.4. The van der Waals surface area contributed by atoms with Crippen molar-refractivity contribution in [3.8, 4) is 0 Å². The van der Waals surface area contributed by atoms with Gasteiger partial charge in [-0.3, -0.25) is 9.13 Å². The third-order valence-corrected chi connectivity index (χ3v) is 8.16. The highest BCUT2D eigenvalue weighted by atomic mass is 127. The van der Waals surface area contributed by atoms with Crippen molar-refractivity contribution in [2.75, 3.05) is 14.1 Å². The first kappa shape index (κ1) is 21.0. The summed E-state index contributed by atoms with van der Waals surface area (Å²) < 4.78 is 22.8. The van der Waals surface area contributed by atoms with Crippen LogP contribution in [0.25, 0.3) is 0 Å². The zero-order valence-electron chi connectivity index (χ0n) is 11.7. The molecule has 1 aliphatic rings. The number of hydrogen-bond donors (Lipinski definition) is 4. The number of nitrogens with zero attached hydrogens (tertiary/aromatic N) is 1. The summed E-state index contributed by atoms with van der Waals surface area (Å²) in [5.74, 6) is 0. The van der Waals surface area contributed by atoms with Crippen LogP contribution in [0, 0.1) is 0 Å². The van der Waals surface area contributed by atoms with Crippen LogP contribution < -0.4 is 24.0 Å². The minimum atomic E-state index is -4.89. The fourth-order valence-electron chi connectivity index (χ4n) is 3.08. The van der Waals surface area contributed by atoms with Gasteiger partial charge in [0.05, 0.1) is 20.1 Å². The van der Waals surface area contributed by atoms with E-state index in [1.165, 1.54) is 14.1 Å². The Morgan fingerprint density at radius 3 is 1.55 bits per heavy atom. The van der Waals surface area contributed by atoms with Gasteiger partial charge in [-0.2, -0.15) is 0 Å². The molecule has 0 aromatic rings. The molecule has 122 valence electrons. The van der Waals surface area contributed by atoms with Crippen molar-refractivity contribution in [1.29, 1.82) is 0 Å². The van der Waals surface area contributed by atoms with Gasteiger partial charge >= 0.3 is 15.2 Å². The predicted octanol–water partition coefficient (Wildman–Crippen LogP) is -1.57. The molecule has 0 aliphatic heterocycles. The first-order valence-corrected chi connectivity index (χ1v) is 9.77. The Bertz CT molecular complexity index is 377. The van der Waals surface area contributed by atoms with E-state index in [4.69, 9.17) is 0 Å². The van der Waals surface area contributed by atoms with Gasteiger partial charge in [0.1, 0.15) is 0 Å². The van der Waals surface area contributed by atoms with Crippen LogP contribution in [0.1, 0.15) is 38.5 Å². The largest absolute Gasteiger partial charge is 1.00 e. The van der Waals surface area contributed by atoms with Gasteiger partial charge in [0, 0.05) is 0 Å². The SMILES string of the molecule is C[N+](C)(C1CCCCCC1)C(P(=O)(O)O)P(=O)(O)O.[I-]. The molecule has 1 fully saturated rings. The van der Waals surface area contributed by atoms with Crippen LogP contribution in [0.3, 0.4) is 0 Å². The standard InChI is InChI=1S/C10H23NO6P2.HI/c1-11(2,9-7-5-3-4-6-8-9)10(18(12,13)14)19(15,16)17;/h9-10H,3-8H2,1-2H3,(H3-,12,13,14,15,16,17);1H. The van der Waals surface area contributed by atoms with E-state index < -0.39 is 20.7 Å². The molecule has 1 rings (SSSR count). The highest BCUT2D eigenvalue weighted by Gasteiger charge is 2.57. The van der Waals surface area contributed by atoms with Crippen LogP contribution in [0.4, 0.5) is 0 Å². The topological polar surface area (TPSA) is 115 Å². The van der Waals surface area contributed by atoms with Crippen LogP contribution in [0.15, 0.2) is 0 Å². The van der Waals surface area contributed by atoms with Crippen LogP contribution in [0.5, 0.6) is 0 Å². The summed E-state index contributed by atoms with van der Waals surface area (Å²) in [6.45, 7) is 0. The van der Waals surface area contributed by atoms with Crippen LogP contribution in [0.2, 0.25) is 0 Å². The maximum absolute atomic E-state index is 11.5. The van der Waals surface area contributed by atoms with Gasteiger partial charge in [-0.25, -0.2) is 0 Å². The Hall–Kier alpha value is 0.990. The van der Waals surface area contributed by atoms with Gasteiger partial charge in [0.25, 0.3) is 5.52 Å². The van der Waals surface area contributed by atoms with E-state index in [0.29, 0.717) is 0 Å². The summed E-state index contributed by atoms with van der Waals surface area (Å²) in [6.07, 6.45) is 5.47. The molecular weight excluding hydrogens is 419 g/mol. The predicted molar refractivity (Wildman–Crippen MR) is 71.5 cm³/mol. The number of hydrogen-bond acceptors (Lipinski definition) is 2. The van der Waals surface area contributed by atoms with Crippen molar-refractivity contribution < 1.29 is 57.2 Å². The van der Waals surface area contributed by atoms with Crippen molar-refractivity contribution in [3.63, 3.8) is 0 Å². The number of halogens is 1. The molecule has 20 heavy (non-hydrogen) atoms. The number of rotatable bonds is 4. The van der Waals surface area contributed by atoms with Gasteiger partial charge < -0.3 is 48.0 Å². The zero-order chi connectivity index (χ0) is 14.9. The molecular formula is C10H24INO6P2. The Morgan fingerprint density at radius 2 is 1.25 bits per heavy atom. The van der Waals surface area contributed by atoms with E-state index in [9.17, 15) is 28.7 Å². The van der Waals surface area contributed by atoms with Crippen LogP contribution in [-0.4, -0.2) is 49.7 Å². The lowest BCUT2D eigenvalue weighted by atomic mass is 10.1. The van der Waals surface area contributed by atoms with Gasteiger partial charge in [0.15, 0.2) is 0 Å². The Labute approximate surface area is 136 Å². The highest BCUT2D eigenvalue weighted by Crippen LogP contribution is 2.63. The molecule has 1 saturated carbocycles. The van der Waals surface area contributed by atoms with Gasteiger partial charge in [-0.15, -0.1) is 0 Å². The van der Waals surface area contributed by atoms with E-state index in [2.05, 4.69) is 0 Å². The van der Waals surface area contributed by atoms with Crippen molar-refractivity contribution in [3.05, 3.63) is 0 Å². The van der Waals surface area contributed by atoms with Gasteiger partial charge in [-0.1, -0.05) is 12.8 Å². The molecule has 0 heterocycles. The molecule has 0 atom stereocenters. The van der Waals surface area contributed by atoms with Crippen molar-refractivity contribution in [1.82, 2.24) is 0 Å². The highest BCUT2D eigenvalue weighted by molar-refractivity contribution is 7.70. The van der Waals surface area contributed by atoms with Crippen LogP contribution >= 0.6 is 15.2 Å². The molecule has 0 spiro atoms. The average molecular weight is 443 g/mol. The molecule has 0 aromatic heterocycles. The van der Waals surface area contributed by atoms with Gasteiger partial charge in [-0.05, 0) is 25.7 Å². The summed E-state index contributed by atoms with van der Waals surface area (Å²) in [6, 6.07) is -0.132. The van der Waals surface area contributed by atoms with Crippen molar-refractivity contribution in [2.45, 2.75) is 50.1 Å². The molecule has 0 saturated heterocycles. The maximum Gasteiger partial charge on any atom is 0.395 e. The van der Waals surface area contributed by atoms with E-state index >= 15 is 0 Å². The monoisotopic (exact) mass is 443 g/mol. The van der Waals surface area contributed by atoms with E-state index in [1.54, 1.807) is 0 Å². The molecule has 0 bridgehead atoms. The van der Waals surface area contributed by atoms with Crippen molar-refractivity contribution >= 4 is 15.2 Å². The lowest BCUT2D eigenvalue weighted by Gasteiger charge is -2.43. The molecule has 0 radical (unpaired) electrons. The molecule has 0 unspecified atom stereocenters. The van der Waals surface area contributed by atoms with E-state index in [0.717, 1.165) is 38.5 Å². The maximum atomic E-state index is 11.5. The quantitative estimate of drug-likeness (QED) is 0.181. The Morgan fingerprint density at radius 1 is 0.900 bits per heavy atom. The fraction of sp³-hybridized carbons (Fsp3) is 1.00. The first-order valence-electron chi connectivity index (χ1n) is 6.41. The second-order valence-electron chi connectivity index (χ2n) is 5.80. The van der Waals surface area contributed by atoms with Crippen LogP contribution in [-0.2, 0) is 9.13 Å². The van der Waals surface area contributed by atoms with E-state index in [-0.39, 0.29) is 34.5 Å². The summed E-state index contributed by atoms with van der Waals surface area (Å²) in [5, 5.41) is 0. The minimum absolute atomic E-state index is 0. The Kier molecular flexibility index (Phi) is 7.88. The lowest BCUT2D eigenvalue weighted by Crippen LogP contribution is -3.00. The minimum Gasteiger partial charge on any atom is -1.00 e.